The zero-order chi connectivity index (χ0) is 14.0. The molecule has 0 spiro atoms. The maximum atomic E-state index is 3.39. The molecule has 1 fully saturated rings. The van der Waals surface area contributed by atoms with Crippen molar-refractivity contribution < 1.29 is 0 Å². The molecule has 1 aliphatic carbocycles. The monoisotopic (exact) mass is 252 g/mol. The first-order valence-electron chi connectivity index (χ1n) is 7.60. The van der Waals surface area contributed by atoms with Crippen molar-refractivity contribution >= 4 is 0 Å². The molecule has 1 N–H and O–H groups in total. The Morgan fingerprint density at radius 2 is 1.50 bits per heavy atom. The van der Waals surface area contributed by atoms with E-state index in [-0.39, 0.29) is 0 Å². The van der Waals surface area contributed by atoms with E-state index in [9.17, 15) is 0 Å². The van der Waals surface area contributed by atoms with Gasteiger partial charge in [-0.2, -0.15) is 0 Å². The normalized spacial score (nSPS) is 19.2. The van der Waals surface area contributed by atoms with Crippen LogP contribution in [0.4, 0.5) is 0 Å². The Morgan fingerprint density at radius 1 is 0.944 bits per heavy atom. The molecule has 0 aromatic carbocycles. The summed E-state index contributed by atoms with van der Waals surface area (Å²) < 4.78 is 0. The van der Waals surface area contributed by atoms with Crippen LogP contribution in [0.25, 0.3) is 0 Å². The molecule has 0 atom stereocenters. The summed E-state index contributed by atoms with van der Waals surface area (Å²) in [5.41, 5.74) is 4.59. The van der Waals surface area contributed by atoms with Crippen LogP contribution < -0.4 is 5.32 Å². The third-order valence-corrected chi connectivity index (χ3v) is 3.34. The van der Waals surface area contributed by atoms with E-state index in [0.717, 1.165) is 13.1 Å². The highest BCUT2D eigenvalue weighted by Gasteiger charge is 2.15. The van der Waals surface area contributed by atoms with Gasteiger partial charge in [0.25, 0.3) is 0 Å². The van der Waals surface area contributed by atoms with E-state index in [0.29, 0.717) is 0 Å². The number of rotatable bonds is 1. The Morgan fingerprint density at radius 3 is 2.00 bits per heavy atom. The third kappa shape index (κ3) is 5.26. The third-order valence-electron chi connectivity index (χ3n) is 3.34. The predicted molar refractivity (Wildman–Crippen MR) is 82.8 cm³/mol. The lowest BCUT2D eigenvalue weighted by Crippen LogP contribution is -2.43. The molecular formula is C16H32N2. The summed E-state index contributed by atoms with van der Waals surface area (Å²) in [7, 11) is 0. The van der Waals surface area contributed by atoms with Gasteiger partial charge in [0.1, 0.15) is 0 Å². The van der Waals surface area contributed by atoms with E-state index in [1.54, 1.807) is 11.3 Å². The van der Waals surface area contributed by atoms with Crippen LogP contribution in [0.2, 0.25) is 0 Å². The van der Waals surface area contributed by atoms with Crippen molar-refractivity contribution in [1.82, 2.24) is 10.2 Å². The van der Waals surface area contributed by atoms with Crippen molar-refractivity contribution in [2.75, 3.05) is 26.2 Å². The topological polar surface area (TPSA) is 15.3 Å². The van der Waals surface area contributed by atoms with Crippen molar-refractivity contribution in [3.8, 4) is 0 Å². The first-order chi connectivity index (χ1) is 8.77. The van der Waals surface area contributed by atoms with Gasteiger partial charge >= 0.3 is 0 Å². The van der Waals surface area contributed by atoms with E-state index in [2.05, 4.69) is 30.1 Å². The Hall–Kier alpha value is -0.760. The minimum atomic E-state index is 1.14. The molecule has 0 bridgehead atoms. The van der Waals surface area contributed by atoms with Crippen LogP contribution in [0.5, 0.6) is 0 Å². The number of nitrogens with zero attached hydrogens (tertiary/aromatic N) is 1. The average molecular weight is 252 g/mol. The molecule has 1 saturated heterocycles. The molecule has 2 heteroatoms. The fraction of sp³-hybridized carbons (Fsp3) is 0.750. The van der Waals surface area contributed by atoms with Gasteiger partial charge in [0.05, 0.1) is 0 Å². The van der Waals surface area contributed by atoms with Crippen molar-refractivity contribution in [2.24, 2.45) is 0 Å². The van der Waals surface area contributed by atoms with Crippen molar-refractivity contribution in [3.63, 3.8) is 0 Å². The summed E-state index contributed by atoms with van der Waals surface area (Å²) in [5.74, 6) is 0. The molecule has 2 nitrogen and oxygen atoms in total. The number of hydrogen-bond donors (Lipinski definition) is 1. The quantitative estimate of drug-likeness (QED) is 0.760. The molecule has 2 aliphatic rings. The fourth-order valence-electron chi connectivity index (χ4n) is 2.16. The van der Waals surface area contributed by atoms with Crippen LogP contribution in [-0.4, -0.2) is 31.1 Å². The van der Waals surface area contributed by atoms with E-state index in [1.807, 2.05) is 27.7 Å². The van der Waals surface area contributed by atoms with Gasteiger partial charge in [0, 0.05) is 31.9 Å². The molecule has 106 valence electrons. The first kappa shape index (κ1) is 17.2. The molecular weight excluding hydrogens is 220 g/mol. The summed E-state index contributed by atoms with van der Waals surface area (Å²) in [6, 6.07) is 0. The summed E-state index contributed by atoms with van der Waals surface area (Å²) in [5, 5.41) is 3.39. The maximum absolute atomic E-state index is 3.39. The molecule has 0 saturated carbocycles. The van der Waals surface area contributed by atoms with Gasteiger partial charge in [0.2, 0.25) is 0 Å². The van der Waals surface area contributed by atoms with Crippen LogP contribution in [-0.2, 0) is 0 Å². The highest BCUT2D eigenvalue weighted by molar-refractivity contribution is 5.30. The minimum absolute atomic E-state index is 1.14. The Kier molecular flexibility index (Phi) is 9.76. The Balaban J connectivity index is 0.000000659. The van der Waals surface area contributed by atoms with Gasteiger partial charge in [-0.25, -0.2) is 0 Å². The van der Waals surface area contributed by atoms with Gasteiger partial charge in [-0.1, -0.05) is 38.8 Å². The second-order valence-electron chi connectivity index (χ2n) is 4.34. The molecule has 0 aromatic rings. The fourth-order valence-corrected chi connectivity index (χ4v) is 2.16. The zero-order valence-corrected chi connectivity index (χ0v) is 13.3. The van der Waals surface area contributed by atoms with Gasteiger partial charge in [-0.3, -0.25) is 0 Å². The summed E-state index contributed by atoms with van der Waals surface area (Å²) in [6.07, 6.45) is 4.87. The van der Waals surface area contributed by atoms with Crippen molar-refractivity contribution in [1.29, 1.82) is 0 Å². The number of piperazine rings is 1. The summed E-state index contributed by atoms with van der Waals surface area (Å²) in [4.78, 5) is 2.53. The predicted octanol–water partition coefficient (Wildman–Crippen LogP) is 3.96. The van der Waals surface area contributed by atoms with Crippen LogP contribution in [0.3, 0.4) is 0 Å². The second kappa shape index (κ2) is 10.2. The molecule has 0 amide bonds. The molecule has 18 heavy (non-hydrogen) atoms. The maximum Gasteiger partial charge on any atom is 0.0300 e. The number of hydrogen-bond acceptors (Lipinski definition) is 2. The highest BCUT2D eigenvalue weighted by Crippen LogP contribution is 2.25. The largest absolute Gasteiger partial charge is 0.372 e. The number of allylic oxidation sites excluding steroid dienone is 4. The van der Waals surface area contributed by atoms with Gasteiger partial charge in [-0.05, 0) is 32.8 Å². The van der Waals surface area contributed by atoms with Crippen molar-refractivity contribution in [3.05, 3.63) is 22.9 Å². The van der Waals surface area contributed by atoms with Crippen molar-refractivity contribution in [2.45, 2.75) is 54.4 Å². The second-order valence-corrected chi connectivity index (χ2v) is 4.34. The van der Waals surface area contributed by atoms with E-state index in [4.69, 9.17) is 0 Å². The van der Waals surface area contributed by atoms with Crippen LogP contribution in [0, 0.1) is 0 Å². The molecule has 1 heterocycles. The standard InChI is InChI=1S/C12H20N2.2C2H6/c1-10-3-4-12(9-11(10)2)14-7-5-13-6-8-14;2*1-2/h9,13H,3-8H2,1-2H3;2*1-2H3. The van der Waals surface area contributed by atoms with Gasteiger partial charge < -0.3 is 10.2 Å². The summed E-state index contributed by atoms with van der Waals surface area (Å²) >= 11 is 0. The molecule has 1 aliphatic heterocycles. The van der Waals surface area contributed by atoms with Gasteiger partial charge in [0.15, 0.2) is 0 Å². The molecule has 0 aromatic heterocycles. The molecule has 0 unspecified atom stereocenters. The SMILES string of the molecule is CC.CC.CC1=C(C)CCC(N2CCNCC2)=C1. The van der Waals surface area contributed by atoms with Crippen LogP contribution in [0.15, 0.2) is 22.9 Å². The first-order valence-corrected chi connectivity index (χ1v) is 7.60. The highest BCUT2D eigenvalue weighted by atomic mass is 15.2. The minimum Gasteiger partial charge on any atom is -0.372 e. The molecule has 2 rings (SSSR count). The van der Waals surface area contributed by atoms with Gasteiger partial charge in [-0.15, -0.1) is 0 Å². The lowest BCUT2D eigenvalue weighted by atomic mass is 9.97. The summed E-state index contributed by atoms with van der Waals surface area (Å²) in [6.45, 7) is 17.1. The number of nitrogens with one attached hydrogen (secondary N) is 1. The van der Waals surface area contributed by atoms with E-state index >= 15 is 0 Å². The smallest absolute Gasteiger partial charge is 0.0300 e. The Labute approximate surface area is 114 Å². The lowest BCUT2D eigenvalue weighted by Gasteiger charge is -2.33. The molecule has 0 radical (unpaired) electrons. The van der Waals surface area contributed by atoms with Crippen LogP contribution >= 0.6 is 0 Å². The van der Waals surface area contributed by atoms with Crippen LogP contribution in [0.1, 0.15) is 54.4 Å². The Bertz CT molecular complexity index is 271. The zero-order valence-electron chi connectivity index (χ0n) is 13.3. The van der Waals surface area contributed by atoms with E-state index in [1.165, 1.54) is 31.5 Å². The lowest BCUT2D eigenvalue weighted by molar-refractivity contribution is 0.289. The average Bonchev–Trinajstić information content (AvgIpc) is 2.47. The van der Waals surface area contributed by atoms with E-state index < -0.39 is 0 Å².